The van der Waals surface area contributed by atoms with Gasteiger partial charge in [-0.25, -0.2) is 0 Å². The molecular weight excluding hydrogens is 198 g/mol. The van der Waals surface area contributed by atoms with E-state index in [2.05, 4.69) is 36.5 Å². The monoisotopic (exact) mass is 215 g/mol. The highest BCUT2D eigenvalue weighted by molar-refractivity contribution is 5.81. The molecule has 1 fully saturated rings. The van der Waals surface area contributed by atoms with Crippen molar-refractivity contribution in [3.05, 3.63) is 35.6 Å². The summed E-state index contributed by atoms with van der Waals surface area (Å²) in [4.78, 5) is 0. The van der Waals surface area contributed by atoms with E-state index < -0.39 is 0 Å². The molecule has 0 aliphatic heterocycles. The van der Waals surface area contributed by atoms with Gasteiger partial charge in [0.1, 0.15) is 11.3 Å². The molecule has 2 heteroatoms. The lowest BCUT2D eigenvalue weighted by molar-refractivity contribution is 0.510. The van der Waals surface area contributed by atoms with Crippen LogP contribution >= 0.6 is 0 Å². The number of nitrogens with one attached hydrogen (secondary N) is 1. The fraction of sp³-hybridized carbons (Fsp3) is 0.429. The van der Waals surface area contributed by atoms with Gasteiger partial charge in [-0.15, -0.1) is 0 Å². The van der Waals surface area contributed by atoms with E-state index in [0.717, 1.165) is 30.4 Å². The number of benzene rings is 1. The Kier molecular flexibility index (Phi) is 2.44. The lowest BCUT2D eigenvalue weighted by Crippen LogP contribution is -2.14. The molecule has 1 aliphatic rings. The first-order valence-electron chi connectivity index (χ1n) is 6.10. The quantitative estimate of drug-likeness (QED) is 0.847. The van der Waals surface area contributed by atoms with E-state index in [1.807, 2.05) is 0 Å². The maximum absolute atomic E-state index is 5.91. The highest BCUT2D eigenvalue weighted by Gasteiger charge is 2.20. The molecule has 1 aliphatic carbocycles. The second-order valence-corrected chi connectivity index (χ2v) is 4.56. The summed E-state index contributed by atoms with van der Waals surface area (Å²) < 4.78 is 5.91. The molecule has 0 saturated heterocycles. The van der Waals surface area contributed by atoms with E-state index in [1.165, 1.54) is 23.8 Å². The van der Waals surface area contributed by atoms with Crippen LogP contribution in [-0.2, 0) is 13.0 Å². The Morgan fingerprint density at radius 2 is 2.25 bits per heavy atom. The predicted octanol–water partition coefficient (Wildman–Crippen LogP) is 3.25. The van der Waals surface area contributed by atoms with Crippen LogP contribution < -0.4 is 5.32 Å². The molecule has 0 atom stereocenters. The van der Waals surface area contributed by atoms with Crippen molar-refractivity contribution in [3.8, 4) is 0 Å². The number of hydrogen-bond acceptors (Lipinski definition) is 2. The average molecular weight is 215 g/mol. The molecule has 0 unspecified atom stereocenters. The third kappa shape index (κ3) is 1.85. The van der Waals surface area contributed by atoms with Crippen molar-refractivity contribution in [2.75, 3.05) is 0 Å². The molecule has 0 bridgehead atoms. The fourth-order valence-corrected chi connectivity index (χ4v) is 2.07. The number of rotatable bonds is 4. The standard InChI is InChI=1S/C14H17NO/c1-2-10-4-3-5-11-8-13(16-14(10)11)9-15-12-6-7-12/h3-5,8,12,15H,2,6-7,9H2,1H3. The highest BCUT2D eigenvalue weighted by Crippen LogP contribution is 2.25. The molecule has 1 heterocycles. The van der Waals surface area contributed by atoms with Gasteiger partial charge in [-0.1, -0.05) is 25.1 Å². The van der Waals surface area contributed by atoms with E-state index in [1.54, 1.807) is 0 Å². The van der Waals surface area contributed by atoms with Crippen molar-refractivity contribution in [2.45, 2.75) is 38.8 Å². The molecule has 1 aromatic heterocycles. The SMILES string of the molecule is CCc1cccc2cc(CNC3CC3)oc12. The second-order valence-electron chi connectivity index (χ2n) is 4.56. The Labute approximate surface area is 95.6 Å². The number of para-hydroxylation sites is 1. The van der Waals surface area contributed by atoms with Crippen molar-refractivity contribution in [1.82, 2.24) is 5.32 Å². The van der Waals surface area contributed by atoms with Crippen molar-refractivity contribution < 1.29 is 4.42 Å². The van der Waals surface area contributed by atoms with Gasteiger partial charge in [-0.2, -0.15) is 0 Å². The molecule has 1 aromatic carbocycles. The summed E-state index contributed by atoms with van der Waals surface area (Å²) >= 11 is 0. The lowest BCUT2D eigenvalue weighted by Gasteiger charge is -1.98. The topological polar surface area (TPSA) is 25.2 Å². The Morgan fingerprint density at radius 1 is 1.38 bits per heavy atom. The minimum absolute atomic E-state index is 0.735. The van der Waals surface area contributed by atoms with Gasteiger partial charge in [0.15, 0.2) is 0 Å². The van der Waals surface area contributed by atoms with E-state index in [9.17, 15) is 0 Å². The molecule has 0 amide bonds. The molecule has 2 nitrogen and oxygen atoms in total. The summed E-state index contributed by atoms with van der Waals surface area (Å²) in [6.45, 7) is 3.03. The summed E-state index contributed by atoms with van der Waals surface area (Å²) in [5, 5.41) is 4.71. The molecule has 1 N–H and O–H groups in total. The zero-order chi connectivity index (χ0) is 11.0. The van der Waals surface area contributed by atoms with Crippen molar-refractivity contribution >= 4 is 11.0 Å². The number of hydrogen-bond donors (Lipinski definition) is 1. The van der Waals surface area contributed by atoms with Gasteiger partial charge in [-0.3, -0.25) is 0 Å². The largest absolute Gasteiger partial charge is 0.459 e. The Balaban J connectivity index is 1.88. The lowest BCUT2D eigenvalue weighted by atomic mass is 10.1. The van der Waals surface area contributed by atoms with Crippen LogP contribution in [0.25, 0.3) is 11.0 Å². The van der Waals surface area contributed by atoms with Crippen LogP contribution in [0.15, 0.2) is 28.7 Å². The highest BCUT2D eigenvalue weighted by atomic mass is 16.3. The molecular formula is C14H17NO. The first-order chi connectivity index (χ1) is 7.86. The van der Waals surface area contributed by atoms with Crippen LogP contribution in [-0.4, -0.2) is 6.04 Å². The average Bonchev–Trinajstić information content (AvgIpc) is 3.04. The minimum atomic E-state index is 0.735. The number of furan rings is 1. The van der Waals surface area contributed by atoms with Crippen molar-refractivity contribution in [2.24, 2.45) is 0 Å². The first-order valence-corrected chi connectivity index (χ1v) is 6.10. The molecule has 0 spiro atoms. The summed E-state index contributed by atoms with van der Waals surface area (Å²) in [7, 11) is 0. The van der Waals surface area contributed by atoms with Crippen LogP contribution in [0.1, 0.15) is 31.1 Å². The number of aryl methyl sites for hydroxylation is 1. The van der Waals surface area contributed by atoms with E-state index in [0.29, 0.717) is 0 Å². The van der Waals surface area contributed by atoms with Gasteiger partial charge in [-0.05, 0) is 30.9 Å². The van der Waals surface area contributed by atoms with E-state index in [4.69, 9.17) is 4.42 Å². The molecule has 0 radical (unpaired) electrons. The van der Waals surface area contributed by atoms with Crippen molar-refractivity contribution in [1.29, 1.82) is 0 Å². The van der Waals surface area contributed by atoms with Crippen LogP contribution in [0.2, 0.25) is 0 Å². The predicted molar refractivity (Wildman–Crippen MR) is 65.5 cm³/mol. The maximum atomic E-state index is 5.91. The molecule has 1 saturated carbocycles. The van der Waals surface area contributed by atoms with E-state index >= 15 is 0 Å². The Morgan fingerprint density at radius 3 is 3.00 bits per heavy atom. The molecule has 84 valence electrons. The van der Waals surface area contributed by atoms with Gasteiger partial charge in [0, 0.05) is 11.4 Å². The van der Waals surface area contributed by atoms with Crippen LogP contribution in [0, 0.1) is 0 Å². The van der Waals surface area contributed by atoms with Crippen LogP contribution in [0.4, 0.5) is 0 Å². The number of fused-ring (bicyclic) bond motifs is 1. The third-order valence-corrected chi connectivity index (χ3v) is 3.20. The van der Waals surface area contributed by atoms with Gasteiger partial charge >= 0.3 is 0 Å². The minimum Gasteiger partial charge on any atom is -0.459 e. The van der Waals surface area contributed by atoms with Crippen LogP contribution in [0.5, 0.6) is 0 Å². The second kappa shape index (κ2) is 3.95. The zero-order valence-corrected chi connectivity index (χ0v) is 9.62. The summed E-state index contributed by atoms with van der Waals surface area (Å²) in [6.07, 6.45) is 3.67. The van der Waals surface area contributed by atoms with Crippen LogP contribution in [0.3, 0.4) is 0 Å². The van der Waals surface area contributed by atoms with Crippen molar-refractivity contribution in [3.63, 3.8) is 0 Å². The Bertz CT molecular complexity index is 496. The molecule has 16 heavy (non-hydrogen) atoms. The Hall–Kier alpha value is -1.28. The normalized spacial score (nSPS) is 15.8. The van der Waals surface area contributed by atoms with E-state index in [-0.39, 0.29) is 0 Å². The summed E-state index contributed by atoms with van der Waals surface area (Å²) in [5.74, 6) is 1.06. The fourth-order valence-electron chi connectivity index (χ4n) is 2.07. The van der Waals surface area contributed by atoms with Gasteiger partial charge in [0.05, 0.1) is 6.54 Å². The summed E-state index contributed by atoms with van der Waals surface area (Å²) in [5.41, 5.74) is 2.37. The molecule has 3 rings (SSSR count). The molecule has 2 aromatic rings. The maximum Gasteiger partial charge on any atom is 0.137 e. The smallest absolute Gasteiger partial charge is 0.137 e. The summed E-state index contributed by atoms with van der Waals surface area (Å²) in [6, 6.07) is 9.26. The van der Waals surface area contributed by atoms with Gasteiger partial charge in [0.25, 0.3) is 0 Å². The van der Waals surface area contributed by atoms with Gasteiger partial charge < -0.3 is 9.73 Å². The van der Waals surface area contributed by atoms with Gasteiger partial charge in [0.2, 0.25) is 0 Å². The first kappa shape index (κ1) is 9.91. The third-order valence-electron chi connectivity index (χ3n) is 3.20. The zero-order valence-electron chi connectivity index (χ0n) is 9.62.